The summed E-state index contributed by atoms with van der Waals surface area (Å²) in [6.07, 6.45) is 4.50. The number of piperazine rings is 1. The maximum atomic E-state index is 12.7. The molecule has 3 heterocycles. The first-order chi connectivity index (χ1) is 9.40. The molecule has 5 heteroatoms. The number of hydrogen-bond donors (Lipinski definition) is 0. The van der Waals surface area contributed by atoms with E-state index in [9.17, 15) is 4.79 Å². The van der Waals surface area contributed by atoms with Crippen LogP contribution in [0.4, 0.5) is 4.79 Å². The summed E-state index contributed by atoms with van der Waals surface area (Å²) in [7, 11) is 0. The van der Waals surface area contributed by atoms with Crippen LogP contribution in [0.25, 0.3) is 0 Å². The molecule has 4 nitrogen and oxygen atoms in total. The third kappa shape index (κ3) is 2.43. The highest BCUT2D eigenvalue weighted by molar-refractivity contribution is 7.99. The third-order valence-electron chi connectivity index (χ3n) is 5.10. The first-order valence-corrected chi connectivity index (χ1v) is 9.04. The summed E-state index contributed by atoms with van der Waals surface area (Å²) >= 11 is 1.88. The number of carbonyl (C=O) groups excluding carboxylic acids is 1. The predicted octanol–water partition coefficient (Wildman–Crippen LogP) is 2.10. The average molecular weight is 297 g/mol. The highest BCUT2D eigenvalue weighted by atomic mass is 32.2. The van der Waals surface area contributed by atoms with E-state index < -0.39 is 0 Å². The normalized spacial score (nSPS) is 31.6. The van der Waals surface area contributed by atoms with Gasteiger partial charge >= 0.3 is 6.03 Å². The molecule has 0 spiro atoms. The minimum atomic E-state index is 0.219. The van der Waals surface area contributed by atoms with Crippen LogP contribution in [0.1, 0.15) is 33.6 Å². The molecule has 2 amide bonds. The number of fused-ring (bicyclic) bond motifs is 2. The highest BCUT2D eigenvalue weighted by Gasteiger charge is 2.47. The van der Waals surface area contributed by atoms with Crippen LogP contribution in [0.3, 0.4) is 0 Å². The Labute approximate surface area is 126 Å². The van der Waals surface area contributed by atoms with Crippen LogP contribution in [-0.4, -0.2) is 76.0 Å². The van der Waals surface area contributed by atoms with Gasteiger partial charge in [0, 0.05) is 49.1 Å². The molecule has 114 valence electrons. The van der Waals surface area contributed by atoms with Crippen molar-refractivity contribution in [2.45, 2.75) is 56.5 Å². The molecule has 2 unspecified atom stereocenters. The van der Waals surface area contributed by atoms with Gasteiger partial charge in [-0.1, -0.05) is 0 Å². The Morgan fingerprint density at radius 2 is 1.60 bits per heavy atom. The topological polar surface area (TPSA) is 26.8 Å². The Morgan fingerprint density at radius 3 is 2.05 bits per heavy atom. The summed E-state index contributed by atoms with van der Waals surface area (Å²) < 4.78 is 0. The van der Waals surface area contributed by atoms with Crippen LogP contribution in [0.5, 0.6) is 0 Å². The standard InChI is InChI=1S/C15H27N3OS/c1-15(2,3)17-7-11-5-6-12(8-17)18(11)14(19)16-9-13(10-16)20-4/h11-13H,5-10H2,1-4H3. The fourth-order valence-corrected chi connectivity index (χ4v) is 4.33. The number of rotatable bonds is 1. The van der Waals surface area contributed by atoms with Crippen molar-refractivity contribution < 1.29 is 4.79 Å². The van der Waals surface area contributed by atoms with Gasteiger partial charge in [-0.15, -0.1) is 0 Å². The van der Waals surface area contributed by atoms with Crippen LogP contribution in [-0.2, 0) is 0 Å². The lowest BCUT2D eigenvalue weighted by Crippen LogP contribution is -2.65. The van der Waals surface area contributed by atoms with E-state index in [4.69, 9.17) is 0 Å². The van der Waals surface area contributed by atoms with Crippen molar-refractivity contribution in [1.29, 1.82) is 0 Å². The molecule has 0 aromatic heterocycles. The molecule has 2 atom stereocenters. The van der Waals surface area contributed by atoms with Gasteiger partial charge < -0.3 is 9.80 Å². The van der Waals surface area contributed by atoms with Gasteiger partial charge in [0.1, 0.15) is 0 Å². The molecular formula is C15H27N3OS. The van der Waals surface area contributed by atoms with Gasteiger partial charge in [0.15, 0.2) is 0 Å². The van der Waals surface area contributed by atoms with E-state index in [1.54, 1.807) is 0 Å². The van der Waals surface area contributed by atoms with Crippen molar-refractivity contribution in [3.63, 3.8) is 0 Å². The van der Waals surface area contributed by atoms with E-state index in [1.165, 1.54) is 12.8 Å². The van der Waals surface area contributed by atoms with E-state index >= 15 is 0 Å². The fourth-order valence-electron chi connectivity index (χ4n) is 3.67. The Bertz CT molecular complexity index is 375. The fraction of sp³-hybridized carbons (Fsp3) is 0.933. The molecule has 3 aliphatic heterocycles. The molecule has 0 radical (unpaired) electrons. The lowest BCUT2D eigenvalue weighted by atomic mass is 10.0. The van der Waals surface area contributed by atoms with Crippen LogP contribution in [0, 0.1) is 0 Å². The number of carbonyl (C=O) groups is 1. The third-order valence-corrected chi connectivity index (χ3v) is 6.07. The molecule has 0 saturated carbocycles. The van der Waals surface area contributed by atoms with Crippen molar-refractivity contribution in [2.24, 2.45) is 0 Å². The number of urea groups is 1. The average Bonchev–Trinajstić information content (AvgIpc) is 2.56. The lowest BCUT2D eigenvalue weighted by Gasteiger charge is -2.49. The van der Waals surface area contributed by atoms with Crippen LogP contribution < -0.4 is 0 Å². The van der Waals surface area contributed by atoms with Crippen molar-refractivity contribution in [3.8, 4) is 0 Å². The van der Waals surface area contributed by atoms with Gasteiger partial charge in [-0.25, -0.2) is 4.79 Å². The second-order valence-electron chi connectivity index (χ2n) is 7.41. The van der Waals surface area contributed by atoms with Gasteiger partial charge in [-0.3, -0.25) is 4.90 Å². The van der Waals surface area contributed by atoms with Gasteiger partial charge in [0.2, 0.25) is 0 Å². The predicted molar refractivity (Wildman–Crippen MR) is 84.2 cm³/mol. The van der Waals surface area contributed by atoms with Crippen LogP contribution in [0.15, 0.2) is 0 Å². The molecule has 3 aliphatic rings. The molecule has 20 heavy (non-hydrogen) atoms. The van der Waals surface area contributed by atoms with Gasteiger partial charge in [-0.2, -0.15) is 11.8 Å². The number of hydrogen-bond acceptors (Lipinski definition) is 3. The quantitative estimate of drug-likeness (QED) is 0.741. The van der Waals surface area contributed by atoms with E-state index in [1.807, 2.05) is 16.7 Å². The minimum Gasteiger partial charge on any atom is -0.322 e. The second-order valence-corrected chi connectivity index (χ2v) is 8.55. The summed E-state index contributed by atoms with van der Waals surface area (Å²) in [4.78, 5) is 19.5. The van der Waals surface area contributed by atoms with Gasteiger partial charge in [0.25, 0.3) is 0 Å². The van der Waals surface area contributed by atoms with E-state index in [0.29, 0.717) is 23.4 Å². The summed E-state index contributed by atoms with van der Waals surface area (Å²) in [6, 6.07) is 1.18. The van der Waals surface area contributed by atoms with Crippen LogP contribution >= 0.6 is 11.8 Å². The van der Waals surface area contributed by atoms with Gasteiger partial charge in [0.05, 0.1) is 0 Å². The summed E-state index contributed by atoms with van der Waals surface area (Å²) in [5.74, 6) is 0. The van der Waals surface area contributed by atoms with Crippen molar-refractivity contribution in [3.05, 3.63) is 0 Å². The largest absolute Gasteiger partial charge is 0.322 e. The van der Waals surface area contributed by atoms with Crippen LogP contribution in [0.2, 0.25) is 0 Å². The molecule has 3 fully saturated rings. The van der Waals surface area contributed by atoms with E-state index in [2.05, 4.69) is 36.8 Å². The van der Waals surface area contributed by atoms with Crippen molar-refractivity contribution in [2.75, 3.05) is 32.4 Å². The summed E-state index contributed by atoms with van der Waals surface area (Å²) in [6.45, 7) is 10.8. The first-order valence-electron chi connectivity index (χ1n) is 7.75. The molecule has 2 bridgehead atoms. The number of nitrogens with zero attached hydrogens (tertiary/aromatic N) is 3. The Balaban J connectivity index is 1.64. The number of thioether (sulfide) groups is 1. The molecule has 0 aromatic rings. The van der Waals surface area contributed by atoms with Gasteiger partial charge in [-0.05, 0) is 39.9 Å². The lowest BCUT2D eigenvalue weighted by molar-refractivity contribution is 0.0202. The summed E-state index contributed by atoms with van der Waals surface area (Å²) in [5.41, 5.74) is 0.219. The SMILES string of the molecule is CSC1CN(C(=O)N2C3CCC2CN(C(C)(C)C)C3)C1. The first kappa shape index (κ1) is 14.5. The zero-order valence-corrected chi connectivity index (χ0v) is 13.9. The molecule has 0 N–H and O–H groups in total. The minimum absolute atomic E-state index is 0.219. The molecule has 3 rings (SSSR count). The smallest absolute Gasteiger partial charge is 0.320 e. The maximum absolute atomic E-state index is 12.7. The Morgan fingerprint density at radius 1 is 1.05 bits per heavy atom. The Hall–Kier alpha value is -0.420. The molecule has 3 saturated heterocycles. The number of likely N-dealkylation sites (tertiary alicyclic amines) is 2. The zero-order valence-electron chi connectivity index (χ0n) is 13.1. The highest BCUT2D eigenvalue weighted by Crippen LogP contribution is 2.35. The van der Waals surface area contributed by atoms with Crippen molar-refractivity contribution >= 4 is 17.8 Å². The molecule has 0 aromatic carbocycles. The Kier molecular flexibility index (Phi) is 3.70. The maximum Gasteiger partial charge on any atom is 0.320 e. The zero-order chi connectivity index (χ0) is 14.5. The van der Waals surface area contributed by atoms with E-state index in [-0.39, 0.29) is 5.54 Å². The number of amides is 2. The second kappa shape index (κ2) is 5.09. The molecule has 0 aliphatic carbocycles. The van der Waals surface area contributed by atoms with E-state index in [0.717, 1.165) is 26.2 Å². The monoisotopic (exact) mass is 297 g/mol. The van der Waals surface area contributed by atoms with Crippen molar-refractivity contribution in [1.82, 2.24) is 14.7 Å². The molecular weight excluding hydrogens is 270 g/mol. The summed E-state index contributed by atoms with van der Waals surface area (Å²) in [5, 5.41) is 0.660.